The van der Waals surface area contributed by atoms with Gasteiger partial charge in [0, 0.05) is 4.88 Å². The van der Waals surface area contributed by atoms with Crippen LogP contribution in [0.5, 0.6) is 11.5 Å². The number of fused-ring (bicyclic) bond motifs is 1. The van der Waals surface area contributed by atoms with Gasteiger partial charge in [0.05, 0.1) is 36.1 Å². The van der Waals surface area contributed by atoms with Gasteiger partial charge in [0.25, 0.3) is 5.56 Å². The molecule has 3 aromatic rings. The summed E-state index contributed by atoms with van der Waals surface area (Å²) in [6, 6.07) is 8.77. The molecule has 0 radical (unpaired) electrons. The van der Waals surface area contributed by atoms with Crippen LogP contribution < -0.4 is 24.4 Å². The van der Waals surface area contributed by atoms with Gasteiger partial charge in [-0.2, -0.15) is 0 Å². The average Bonchev–Trinajstić information content (AvgIpc) is 3.42. The zero-order valence-corrected chi connectivity index (χ0v) is 20.4. The Morgan fingerprint density at radius 3 is 2.70 bits per heavy atom. The molecule has 1 aliphatic rings. The molecule has 1 aromatic carbocycles. The molecule has 0 aliphatic carbocycles. The summed E-state index contributed by atoms with van der Waals surface area (Å²) in [4.78, 5) is 32.4. The first kappa shape index (κ1) is 23.0. The molecule has 172 valence electrons. The van der Waals surface area contributed by atoms with Crippen molar-refractivity contribution in [1.82, 2.24) is 4.57 Å². The normalized spacial score (nSPS) is 15.8. The second-order valence-electron chi connectivity index (χ2n) is 7.16. The summed E-state index contributed by atoms with van der Waals surface area (Å²) in [5, 5.41) is 1.93. The lowest BCUT2D eigenvalue weighted by atomic mass is 10.0. The minimum atomic E-state index is -0.572. The maximum absolute atomic E-state index is 13.5. The molecule has 0 amide bonds. The lowest BCUT2D eigenvalue weighted by molar-refractivity contribution is -0.139. The van der Waals surface area contributed by atoms with Gasteiger partial charge in [-0.1, -0.05) is 23.5 Å². The lowest BCUT2D eigenvalue weighted by Gasteiger charge is -2.23. The molecule has 1 atom stereocenters. The second kappa shape index (κ2) is 9.76. The topological polar surface area (TPSA) is 79.1 Å². The van der Waals surface area contributed by atoms with E-state index in [9.17, 15) is 9.59 Å². The summed E-state index contributed by atoms with van der Waals surface area (Å²) < 4.78 is 18.4. The molecular formula is C24H24N2O5S2. The van der Waals surface area contributed by atoms with Crippen LogP contribution in [0.3, 0.4) is 0 Å². The van der Waals surface area contributed by atoms with Gasteiger partial charge >= 0.3 is 5.97 Å². The van der Waals surface area contributed by atoms with E-state index >= 15 is 0 Å². The van der Waals surface area contributed by atoms with Crippen molar-refractivity contribution >= 4 is 34.7 Å². The van der Waals surface area contributed by atoms with Crippen LogP contribution in [-0.4, -0.2) is 30.9 Å². The zero-order chi connectivity index (χ0) is 23.5. The quantitative estimate of drug-likeness (QED) is 0.481. The van der Waals surface area contributed by atoms with Crippen molar-refractivity contribution < 1.29 is 19.0 Å². The van der Waals surface area contributed by atoms with Crippen LogP contribution in [0.25, 0.3) is 6.08 Å². The summed E-state index contributed by atoms with van der Waals surface area (Å²) in [6.07, 6.45) is 1.81. The highest BCUT2D eigenvalue weighted by Crippen LogP contribution is 2.33. The van der Waals surface area contributed by atoms with Gasteiger partial charge in [-0.15, -0.1) is 11.3 Å². The number of rotatable bonds is 7. The van der Waals surface area contributed by atoms with E-state index in [1.54, 1.807) is 31.6 Å². The Bertz CT molecular complexity index is 1380. The number of nitrogens with zero attached hydrogens (tertiary/aromatic N) is 2. The van der Waals surface area contributed by atoms with E-state index in [1.807, 2.05) is 42.6 Å². The van der Waals surface area contributed by atoms with E-state index in [-0.39, 0.29) is 12.2 Å². The van der Waals surface area contributed by atoms with Crippen molar-refractivity contribution in [1.29, 1.82) is 0 Å². The van der Waals surface area contributed by atoms with Gasteiger partial charge in [-0.05, 0) is 56.0 Å². The Hall–Kier alpha value is -3.17. The number of methoxy groups -OCH3 is 1. The first-order chi connectivity index (χ1) is 16.0. The van der Waals surface area contributed by atoms with E-state index < -0.39 is 12.0 Å². The first-order valence-corrected chi connectivity index (χ1v) is 12.2. The molecule has 0 fully saturated rings. The van der Waals surface area contributed by atoms with Crippen LogP contribution in [0.15, 0.2) is 56.8 Å². The van der Waals surface area contributed by atoms with Gasteiger partial charge in [0.2, 0.25) is 0 Å². The number of thiazole rings is 1. The largest absolute Gasteiger partial charge is 0.493 e. The number of hydrogen-bond donors (Lipinski definition) is 0. The third kappa shape index (κ3) is 4.38. The van der Waals surface area contributed by atoms with Crippen LogP contribution in [0.1, 0.15) is 37.3 Å². The minimum absolute atomic E-state index is 0.208. The number of thiophene rings is 1. The number of carbonyl (C=O) groups is 1. The van der Waals surface area contributed by atoms with Crippen LogP contribution in [-0.2, 0) is 9.53 Å². The number of hydrogen-bond acceptors (Lipinski definition) is 8. The fourth-order valence-corrected chi connectivity index (χ4v) is 5.58. The summed E-state index contributed by atoms with van der Waals surface area (Å²) in [5.74, 6) is 0.782. The molecule has 33 heavy (non-hydrogen) atoms. The number of allylic oxidation sites excluding steroid dienone is 1. The highest BCUT2D eigenvalue weighted by molar-refractivity contribution is 7.10. The third-order valence-electron chi connectivity index (χ3n) is 5.11. The molecule has 9 heteroatoms. The molecule has 0 N–H and O–H groups in total. The number of esters is 1. The Labute approximate surface area is 198 Å². The summed E-state index contributed by atoms with van der Waals surface area (Å²) in [5.41, 5.74) is 1.54. The lowest BCUT2D eigenvalue weighted by Crippen LogP contribution is -2.39. The van der Waals surface area contributed by atoms with E-state index in [0.717, 1.165) is 10.4 Å². The van der Waals surface area contributed by atoms with Crippen LogP contribution in [0.4, 0.5) is 0 Å². The number of aromatic nitrogens is 1. The van der Waals surface area contributed by atoms with Crippen molar-refractivity contribution in [2.24, 2.45) is 4.99 Å². The van der Waals surface area contributed by atoms with Crippen molar-refractivity contribution in [2.75, 3.05) is 20.3 Å². The predicted molar refractivity (Wildman–Crippen MR) is 129 cm³/mol. The molecule has 0 saturated heterocycles. The average molecular weight is 485 g/mol. The highest BCUT2D eigenvalue weighted by atomic mass is 32.1. The van der Waals surface area contributed by atoms with Gasteiger partial charge in [0.15, 0.2) is 16.3 Å². The van der Waals surface area contributed by atoms with Crippen molar-refractivity contribution in [3.8, 4) is 11.5 Å². The van der Waals surface area contributed by atoms with Crippen LogP contribution >= 0.6 is 22.7 Å². The van der Waals surface area contributed by atoms with Crippen LogP contribution in [0, 0.1) is 0 Å². The maximum atomic E-state index is 13.5. The Morgan fingerprint density at radius 1 is 1.21 bits per heavy atom. The molecule has 0 spiro atoms. The summed E-state index contributed by atoms with van der Waals surface area (Å²) >= 11 is 2.78. The summed E-state index contributed by atoms with van der Waals surface area (Å²) in [7, 11) is 1.59. The fourth-order valence-electron chi connectivity index (χ4n) is 3.71. The first-order valence-electron chi connectivity index (χ1n) is 10.5. The van der Waals surface area contributed by atoms with Gasteiger partial charge in [-0.25, -0.2) is 9.79 Å². The third-order valence-corrected chi connectivity index (χ3v) is 7.02. The molecule has 4 rings (SSSR count). The van der Waals surface area contributed by atoms with Gasteiger partial charge in [0.1, 0.15) is 6.04 Å². The van der Waals surface area contributed by atoms with Crippen LogP contribution in [0.2, 0.25) is 0 Å². The molecule has 2 aromatic heterocycles. The molecule has 7 nitrogen and oxygen atoms in total. The van der Waals surface area contributed by atoms with Gasteiger partial charge < -0.3 is 14.2 Å². The van der Waals surface area contributed by atoms with Gasteiger partial charge in [-0.3, -0.25) is 9.36 Å². The van der Waals surface area contributed by atoms with E-state index in [1.165, 1.54) is 22.7 Å². The smallest absolute Gasteiger partial charge is 0.338 e. The summed E-state index contributed by atoms with van der Waals surface area (Å²) in [6.45, 7) is 6.18. The minimum Gasteiger partial charge on any atom is -0.493 e. The van der Waals surface area contributed by atoms with E-state index in [0.29, 0.717) is 38.7 Å². The molecule has 0 saturated carbocycles. The predicted octanol–water partition coefficient (Wildman–Crippen LogP) is 3.27. The Balaban J connectivity index is 1.88. The maximum Gasteiger partial charge on any atom is 0.338 e. The van der Waals surface area contributed by atoms with Crippen molar-refractivity contribution in [3.05, 3.63) is 77.1 Å². The Morgan fingerprint density at radius 2 is 2.03 bits per heavy atom. The number of benzene rings is 1. The standard InChI is InChI=1S/C24H24N2O5S2/c1-5-30-17-12-15(9-10-16(17)29-4)13-19-22(27)26-21(18-8-7-11-32-18)20(23(28)31-6-2)14(3)25-24(26)33-19/h7-13,21H,5-6H2,1-4H3/b19-13+/t21-/m1/s1. The second-order valence-corrected chi connectivity index (χ2v) is 9.15. The SMILES string of the molecule is CCOC(=O)C1=C(C)N=c2s/c(=C/c3ccc(OC)c(OCC)c3)c(=O)n2[C@@H]1c1cccs1. The highest BCUT2D eigenvalue weighted by Gasteiger charge is 2.33. The van der Waals surface area contributed by atoms with Crippen molar-refractivity contribution in [3.63, 3.8) is 0 Å². The number of ether oxygens (including phenoxy) is 3. The number of carbonyl (C=O) groups excluding carboxylic acids is 1. The molecular weight excluding hydrogens is 460 g/mol. The van der Waals surface area contributed by atoms with E-state index in [2.05, 4.69) is 4.99 Å². The fraction of sp³-hybridized carbons (Fsp3) is 0.292. The molecule has 0 bridgehead atoms. The van der Waals surface area contributed by atoms with Crippen molar-refractivity contribution in [2.45, 2.75) is 26.8 Å². The van der Waals surface area contributed by atoms with E-state index in [4.69, 9.17) is 14.2 Å². The Kier molecular flexibility index (Phi) is 6.80. The zero-order valence-electron chi connectivity index (χ0n) is 18.8. The molecule has 1 aliphatic heterocycles. The monoisotopic (exact) mass is 484 g/mol. The molecule has 3 heterocycles. The molecule has 0 unspecified atom stereocenters.